The summed E-state index contributed by atoms with van der Waals surface area (Å²) in [5.41, 5.74) is 0. The van der Waals surface area contributed by atoms with Gasteiger partial charge in [-0.25, -0.2) is 4.79 Å². The van der Waals surface area contributed by atoms with Gasteiger partial charge in [-0.1, -0.05) is 34.6 Å². The lowest BCUT2D eigenvalue weighted by Crippen LogP contribution is -2.66. The third-order valence-electron chi connectivity index (χ3n) is 5.71. The van der Waals surface area contributed by atoms with Crippen molar-refractivity contribution in [1.82, 2.24) is 15.1 Å². The minimum atomic E-state index is -0.788. The van der Waals surface area contributed by atoms with Crippen molar-refractivity contribution >= 4 is 12.0 Å². The van der Waals surface area contributed by atoms with Crippen molar-refractivity contribution in [2.75, 3.05) is 19.6 Å². The van der Waals surface area contributed by atoms with Crippen LogP contribution in [-0.4, -0.2) is 64.7 Å². The Hall–Kier alpha value is -1.30. The molecule has 138 valence electrons. The second-order valence-corrected chi connectivity index (χ2v) is 8.02. The molecule has 6 heteroatoms. The summed E-state index contributed by atoms with van der Waals surface area (Å²) < 4.78 is 0. The number of likely N-dealkylation sites (N-methyl/N-ethyl adjacent to an activating group) is 1. The van der Waals surface area contributed by atoms with Crippen molar-refractivity contribution in [2.24, 2.45) is 17.8 Å². The number of likely N-dealkylation sites (tertiary alicyclic amines) is 1. The van der Waals surface area contributed by atoms with Crippen LogP contribution in [0.1, 0.15) is 47.5 Å². The van der Waals surface area contributed by atoms with Crippen LogP contribution in [0.15, 0.2) is 0 Å². The first-order chi connectivity index (χ1) is 11.2. The van der Waals surface area contributed by atoms with Crippen LogP contribution in [0.25, 0.3) is 0 Å². The second-order valence-electron chi connectivity index (χ2n) is 8.02. The monoisotopic (exact) mass is 339 g/mol. The Bertz CT molecular complexity index is 460. The van der Waals surface area contributed by atoms with Gasteiger partial charge in [0, 0.05) is 24.7 Å². The molecule has 0 bridgehead atoms. The van der Waals surface area contributed by atoms with Crippen LogP contribution in [0.4, 0.5) is 4.79 Å². The number of rotatable bonds is 7. The Kier molecular flexibility index (Phi) is 6.12. The predicted octanol–water partition coefficient (Wildman–Crippen LogP) is 2.25. The minimum Gasteiger partial charge on any atom is -0.480 e. The van der Waals surface area contributed by atoms with Gasteiger partial charge in [0.1, 0.15) is 0 Å². The Balaban J connectivity index is 1.79. The Morgan fingerprint density at radius 2 is 1.83 bits per heavy atom. The van der Waals surface area contributed by atoms with Crippen molar-refractivity contribution in [3.05, 3.63) is 0 Å². The molecule has 6 nitrogen and oxygen atoms in total. The van der Waals surface area contributed by atoms with E-state index in [0.29, 0.717) is 23.8 Å². The fraction of sp³-hybridized carbons (Fsp3) is 0.889. The van der Waals surface area contributed by atoms with E-state index < -0.39 is 5.97 Å². The molecule has 1 aliphatic heterocycles. The second kappa shape index (κ2) is 7.72. The third-order valence-corrected chi connectivity index (χ3v) is 5.71. The number of carbonyl (C=O) groups excluding carboxylic acids is 1. The summed E-state index contributed by atoms with van der Waals surface area (Å²) in [6.07, 6.45) is 1.70. The zero-order valence-electron chi connectivity index (χ0n) is 15.7. The van der Waals surface area contributed by atoms with Gasteiger partial charge in [0.15, 0.2) is 0 Å². The molecular formula is C18H33N3O3. The molecule has 2 rings (SSSR count). The van der Waals surface area contributed by atoms with E-state index in [4.69, 9.17) is 5.11 Å². The average Bonchev–Trinajstić information content (AvgIpc) is 2.37. The molecule has 1 saturated carbocycles. The molecule has 1 saturated heterocycles. The van der Waals surface area contributed by atoms with Crippen molar-refractivity contribution < 1.29 is 14.7 Å². The topological polar surface area (TPSA) is 72.9 Å². The fourth-order valence-electron chi connectivity index (χ4n) is 4.16. The van der Waals surface area contributed by atoms with Gasteiger partial charge in [-0.15, -0.1) is 0 Å². The fourth-order valence-corrected chi connectivity index (χ4v) is 4.16. The summed E-state index contributed by atoms with van der Waals surface area (Å²) in [6, 6.07) is 0.837. The van der Waals surface area contributed by atoms with Gasteiger partial charge >= 0.3 is 12.0 Å². The minimum absolute atomic E-state index is 0.0512. The number of hydrogen-bond donors (Lipinski definition) is 2. The number of nitrogens with zero attached hydrogens (tertiary/aromatic N) is 2. The van der Waals surface area contributed by atoms with Crippen LogP contribution in [0.2, 0.25) is 0 Å². The molecule has 0 radical (unpaired) electrons. The van der Waals surface area contributed by atoms with Crippen molar-refractivity contribution in [3.8, 4) is 0 Å². The Morgan fingerprint density at radius 3 is 2.29 bits per heavy atom. The number of hydrogen-bond acceptors (Lipinski definition) is 3. The van der Waals surface area contributed by atoms with E-state index in [2.05, 4.69) is 33.0 Å². The number of amides is 2. The largest absolute Gasteiger partial charge is 0.480 e. The van der Waals surface area contributed by atoms with E-state index in [1.165, 1.54) is 0 Å². The molecule has 1 aliphatic carbocycles. The normalized spacial score (nSPS) is 29.6. The summed E-state index contributed by atoms with van der Waals surface area (Å²) >= 11 is 0. The quantitative estimate of drug-likeness (QED) is 0.746. The lowest BCUT2D eigenvalue weighted by molar-refractivity contribution is -0.139. The molecule has 2 atom stereocenters. The van der Waals surface area contributed by atoms with Gasteiger partial charge in [0.2, 0.25) is 0 Å². The lowest BCUT2D eigenvalue weighted by Gasteiger charge is -2.53. The number of nitrogens with one attached hydrogen (secondary N) is 1. The van der Waals surface area contributed by atoms with Gasteiger partial charge in [-0.3, -0.25) is 9.69 Å². The number of carbonyl (C=O) groups is 2. The molecule has 0 aromatic rings. The van der Waals surface area contributed by atoms with Crippen LogP contribution >= 0.6 is 0 Å². The number of carboxylic acids is 1. The summed E-state index contributed by atoms with van der Waals surface area (Å²) in [5, 5.41) is 12.1. The molecule has 2 aliphatic rings. The van der Waals surface area contributed by atoms with Crippen molar-refractivity contribution in [2.45, 2.75) is 65.6 Å². The van der Waals surface area contributed by atoms with Gasteiger partial charge in [0.25, 0.3) is 0 Å². The highest BCUT2D eigenvalue weighted by molar-refractivity contribution is 5.76. The first kappa shape index (κ1) is 19.0. The van der Waals surface area contributed by atoms with Crippen LogP contribution in [0.5, 0.6) is 0 Å². The van der Waals surface area contributed by atoms with Gasteiger partial charge in [-0.2, -0.15) is 0 Å². The van der Waals surface area contributed by atoms with Gasteiger partial charge in [-0.05, 0) is 37.1 Å². The summed E-state index contributed by atoms with van der Waals surface area (Å²) in [7, 11) is 0. The van der Waals surface area contributed by atoms with Crippen LogP contribution in [-0.2, 0) is 4.79 Å². The van der Waals surface area contributed by atoms with E-state index in [1.54, 1.807) is 0 Å². The number of urea groups is 1. The molecule has 2 unspecified atom stereocenters. The SMILES string of the molecule is CCN(CC(=O)O)C1CC(NC(=O)N2CC(C(C)C)C2C(C)C)C1. The summed E-state index contributed by atoms with van der Waals surface area (Å²) in [5.74, 6) is 0.876. The highest BCUT2D eigenvalue weighted by Gasteiger charge is 2.46. The Morgan fingerprint density at radius 1 is 1.21 bits per heavy atom. The first-order valence-corrected chi connectivity index (χ1v) is 9.27. The van der Waals surface area contributed by atoms with E-state index in [-0.39, 0.29) is 24.7 Å². The van der Waals surface area contributed by atoms with Gasteiger partial charge < -0.3 is 15.3 Å². The molecule has 0 aromatic heterocycles. The maximum atomic E-state index is 12.5. The molecule has 24 heavy (non-hydrogen) atoms. The maximum absolute atomic E-state index is 12.5. The van der Waals surface area contributed by atoms with Crippen molar-refractivity contribution in [1.29, 1.82) is 0 Å². The standard InChI is InChI=1S/C18H33N3O3/c1-6-20(10-16(22)23)14-7-13(8-14)19-18(24)21-9-15(11(2)3)17(21)12(4)5/h11-15,17H,6-10H2,1-5H3,(H,19,24)(H,22,23). The molecule has 2 fully saturated rings. The molecular weight excluding hydrogens is 306 g/mol. The molecule has 1 heterocycles. The zero-order chi connectivity index (χ0) is 18.0. The third kappa shape index (κ3) is 4.02. The Labute approximate surface area is 145 Å². The number of carboxylic acid groups (broad SMARTS) is 1. The maximum Gasteiger partial charge on any atom is 0.317 e. The van der Waals surface area contributed by atoms with Gasteiger partial charge in [0.05, 0.1) is 6.54 Å². The first-order valence-electron chi connectivity index (χ1n) is 9.27. The molecule has 2 amide bonds. The summed E-state index contributed by atoms with van der Waals surface area (Å²) in [6.45, 7) is 12.5. The summed E-state index contributed by atoms with van der Waals surface area (Å²) in [4.78, 5) is 27.4. The lowest BCUT2D eigenvalue weighted by atomic mass is 9.75. The van der Waals surface area contributed by atoms with E-state index in [1.807, 2.05) is 16.7 Å². The van der Waals surface area contributed by atoms with E-state index >= 15 is 0 Å². The van der Waals surface area contributed by atoms with E-state index in [0.717, 1.165) is 25.9 Å². The molecule has 0 spiro atoms. The van der Waals surface area contributed by atoms with Crippen LogP contribution in [0, 0.1) is 17.8 Å². The zero-order valence-corrected chi connectivity index (χ0v) is 15.7. The smallest absolute Gasteiger partial charge is 0.317 e. The number of aliphatic carboxylic acids is 1. The van der Waals surface area contributed by atoms with E-state index in [9.17, 15) is 9.59 Å². The molecule has 0 aromatic carbocycles. The predicted molar refractivity (Wildman–Crippen MR) is 93.9 cm³/mol. The highest BCUT2D eigenvalue weighted by Crippen LogP contribution is 2.36. The highest BCUT2D eigenvalue weighted by atomic mass is 16.4. The van der Waals surface area contributed by atoms with Crippen LogP contribution < -0.4 is 5.32 Å². The average molecular weight is 339 g/mol. The van der Waals surface area contributed by atoms with Crippen molar-refractivity contribution in [3.63, 3.8) is 0 Å². The molecule has 2 N–H and O–H groups in total. The van der Waals surface area contributed by atoms with Crippen LogP contribution in [0.3, 0.4) is 0 Å².